The maximum Gasteiger partial charge on any atom is 0.234 e. The molecule has 1 aromatic heterocycles. The fourth-order valence-electron chi connectivity index (χ4n) is 1.85. The summed E-state index contributed by atoms with van der Waals surface area (Å²) >= 11 is 0. The molecule has 0 aromatic carbocycles. The van der Waals surface area contributed by atoms with Crippen LogP contribution >= 0.6 is 0 Å². The lowest BCUT2D eigenvalue weighted by atomic mass is 10.1. The van der Waals surface area contributed by atoms with Crippen LogP contribution in [0.2, 0.25) is 0 Å². The van der Waals surface area contributed by atoms with Crippen LogP contribution in [0.4, 0.5) is 0 Å². The van der Waals surface area contributed by atoms with Crippen molar-refractivity contribution in [1.29, 1.82) is 0 Å². The van der Waals surface area contributed by atoms with Crippen LogP contribution in [0, 0.1) is 12.8 Å². The van der Waals surface area contributed by atoms with Gasteiger partial charge in [0.2, 0.25) is 5.89 Å². The molecular weight excluding hydrogens is 154 g/mol. The number of nitrogens with one attached hydrogen (secondary N) is 1. The third kappa shape index (κ3) is 0.659. The monoisotopic (exact) mass is 167 g/mol. The van der Waals surface area contributed by atoms with Crippen molar-refractivity contribution in [2.75, 3.05) is 13.1 Å². The van der Waals surface area contributed by atoms with Crippen molar-refractivity contribution in [3.63, 3.8) is 0 Å². The highest BCUT2D eigenvalue weighted by molar-refractivity contribution is 5.25. The first kappa shape index (κ1) is 4.97. The average Bonchev–Trinajstić information content (AvgIpc) is 2.59. The molecule has 1 aliphatic carbocycles. The van der Waals surface area contributed by atoms with Gasteiger partial charge in [-0.05, 0) is 25.8 Å². The molecule has 0 radical (unpaired) electrons. The van der Waals surface area contributed by atoms with Gasteiger partial charge in [0.05, 0.1) is 5.41 Å². The third-order valence-electron chi connectivity index (χ3n) is 2.60. The zero-order chi connectivity index (χ0) is 9.97. The van der Waals surface area contributed by atoms with E-state index in [0.29, 0.717) is 24.8 Å². The Hall–Kier alpha value is -0.900. The summed E-state index contributed by atoms with van der Waals surface area (Å²) in [4.78, 5) is 4.14. The Morgan fingerprint density at radius 1 is 1.83 bits per heavy atom. The second-order valence-electron chi connectivity index (χ2n) is 3.45. The highest BCUT2D eigenvalue weighted by Crippen LogP contribution is 2.55. The minimum atomic E-state index is -1.18. The van der Waals surface area contributed by atoms with Gasteiger partial charge >= 0.3 is 0 Å². The van der Waals surface area contributed by atoms with E-state index in [1.165, 1.54) is 0 Å². The zero-order valence-electron chi connectivity index (χ0n) is 8.79. The van der Waals surface area contributed by atoms with Gasteiger partial charge in [-0.1, -0.05) is 5.16 Å². The number of hydrogen-bond acceptors (Lipinski definition) is 4. The van der Waals surface area contributed by atoms with Crippen LogP contribution in [-0.4, -0.2) is 23.2 Å². The predicted octanol–water partition coefficient (Wildman–Crippen LogP) is 0.239. The molecule has 0 amide bonds. The topological polar surface area (TPSA) is 51.0 Å². The molecule has 1 aromatic rings. The van der Waals surface area contributed by atoms with Crippen molar-refractivity contribution >= 4 is 0 Å². The first-order chi connectivity index (χ1) is 6.59. The molecule has 2 heterocycles. The molecule has 2 fully saturated rings. The Labute approximate surface area is 73.2 Å². The second-order valence-corrected chi connectivity index (χ2v) is 3.45. The van der Waals surface area contributed by atoms with Gasteiger partial charge in [0.15, 0.2) is 5.82 Å². The van der Waals surface area contributed by atoms with Crippen LogP contribution in [0.5, 0.6) is 0 Å². The van der Waals surface area contributed by atoms with E-state index in [1.54, 1.807) is 6.92 Å². The average molecular weight is 167 g/mol. The number of nitrogens with zero attached hydrogens (tertiary/aromatic N) is 2. The summed E-state index contributed by atoms with van der Waals surface area (Å²) in [6.07, 6.45) is -1.18. The van der Waals surface area contributed by atoms with Crippen molar-refractivity contribution in [3.8, 4) is 0 Å². The number of fused-ring (bicyclic) bond motifs is 1. The first-order valence-corrected chi connectivity index (χ1v) is 4.10. The number of aryl methyl sites for hydroxylation is 1. The molecule has 4 nitrogen and oxygen atoms in total. The van der Waals surface area contributed by atoms with Gasteiger partial charge in [-0.25, -0.2) is 0 Å². The number of rotatable bonds is 1. The van der Waals surface area contributed by atoms with Gasteiger partial charge in [-0.15, -0.1) is 0 Å². The molecular formula is C8H11N3O. The molecule has 1 saturated carbocycles. The molecule has 0 spiro atoms. The van der Waals surface area contributed by atoms with Crippen molar-refractivity contribution < 1.29 is 7.26 Å². The highest BCUT2D eigenvalue weighted by Gasteiger charge is 2.62. The molecule has 2 atom stereocenters. The molecule has 1 aliphatic heterocycles. The van der Waals surface area contributed by atoms with Crippen LogP contribution in [0.3, 0.4) is 0 Å². The normalized spacial score (nSPS) is 44.9. The van der Waals surface area contributed by atoms with Crippen molar-refractivity contribution in [2.24, 2.45) is 5.92 Å². The van der Waals surface area contributed by atoms with Crippen molar-refractivity contribution in [1.82, 2.24) is 15.5 Å². The molecule has 2 unspecified atom stereocenters. The minimum Gasteiger partial charge on any atom is -0.339 e. The Bertz CT molecular complexity index is 392. The van der Waals surface area contributed by atoms with E-state index in [-0.39, 0.29) is 5.92 Å². The predicted molar refractivity (Wildman–Crippen MR) is 41.7 cm³/mol. The SMILES string of the molecule is [2H]C1([2H])C2CNCC21c1nc(C)no1. The van der Waals surface area contributed by atoms with Crippen molar-refractivity contribution in [2.45, 2.75) is 18.7 Å². The fraction of sp³-hybridized carbons (Fsp3) is 0.750. The Balaban J connectivity index is 2.06. The second kappa shape index (κ2) is 1.88. The van der Waals surface area contributed by atoms with Gasteiger partial charge in [0, 0.05) is 9.29 Å². The highest BCUT2D eigenvalue weighted by atomic mass is 16.5. The summed E-state index contributed by atoms with van der Waals surface area (Å²) in [6.45, 7) is 3.06. The molecule has 1 saturated heterocycles. The Morgan fingerprint density at radius 3 is 3.33 bits per heavy atom. The van der Waals surface area contributed by atoms with Gasteiger partial charge in [-0.3, -0.25) is 0 Å². The number of hydrogen-bond donors (Lipinski definition) is 1. The Morgan fingerprint density at radius 2 is 2.75 bits per heavy atom. The molecule has 1 N–H and O–H groups in total. The molecule has 4 heteroatoms. The summed E-state index contributed by atoms with van der Waals surface area (Å²) < 4.78 is 20.8. The van der Waals surface area contributed by atoms with E-state index in [0.717, 1.165) is 0 Å². The van der Waals surface area contributed by atoms with Gasteiger partial charge < -0.3 is 9.84 Å². The van der Waals surface area contributed by atoms with Crippen LogP contribution < -0.4 is 5.32 Å². The zero-order valence-corrected chi connectivity index (χ0v) is 6.79. The molecule has 2 aliphatic rings. The van der Waals surface area contributed by atoms with Crippen LogP contribution in [-0.2, 0) is 5.41 Å². The molecule has 12 heavy (non-hydrogen) atoms. The lowest BCUT2D eigenvalue weighted by Gasteiger charge is -2.02. The molecule has 0 bridgehead atoms. The van der Waals surface area contributed by atoms with Crippen LogP contribution in [0.15, 0.2) is 4.52 Å². The largest absolute Gasteiger partial charge is 0.339 e. The smallest absolute Gasteiger partial charge is 0.234 e. The quantitative estimate of drug-likeness (QED) is 0.651. The van der Waals surface area contributed by atoms with Gasteiger partial charge in [0.1, 0.15) is 0 Å². The first-order valence-electron chi connectivity index (χ1n) is 5.10. The van der Waals surface area contributed by atoms with Crippen LogP contribution in [0.25, 0.3) is 0 Å². The number of aromatic nitrogens is 2. The van der Waals surface area contributed by atoms with E-state index >= 15 is 0 Å². The standard InChI is InChI=1S/C8H11N3O/c1-5-10-7(12-11-5)8-2-6(8)3-9-4-8/h6,9H,2-4H2,1H3/i2D2. The van der Waals surface area contributed by atoms with E-state index in [2.05, 4.69) is 15.5 Å². The summed E-state index contributed by atoms with van der Waals surface area (Å²) in [6, 6.07) is 0. The fourth-order valence-corrected chi connectivity index (χ4v) is 1.85. The number of piperidine rings is 1. The summed E-state index contributed by atoms with van der Waals surface area (Å²) in [5, 5.41) is 6.88. The van der Waals surface area contributed by atoms with Gasteiger partial charge in [-0.2, -0.15) is 4.98 Å². The lowest BCUT2D eigenvalue weighted by molar-refractivity contribution is 0.343. The third-order valence-corrected chi connectivity index (χ3v) is 2.60. The summed E-state index contributed by atoms with van der Waals surface area (Å²) in [7, 11) is 0. The lowest BCUT2D eigenvalue weighted by Crippen LogP contribution is -2.19. The van der Waals surface area contributed by atoms with Gasteiger partial charge in [0.25, 0.3) is 0 Å². The van der Waals surface area contributed by atoms with E-state index in [9.17, 15) is 0 Å². The minimum absolute atomic E-state index is 0.00477. The Kier molecular flexibility index (Phi) is 0.777. The molecule has 3 rings (SSSR count). The maximum atomic E-state index is 7.86. The van der Waals surface area contributed by atoms with Crippen LogP contribution in [0.1, 0.15) is 20.8 Å². The van der Waals surface area contributed by atoms with E-state index in [1.807, 2.05) is 0 Å². The summed E-state index contributed by atoms with van der Waals surface area (Å²) in [5.74, 6) is 1.02. The summed E-state index contributed by atoms with van der Waals surface area (Å²) in [5.41, 5.74) is -0.547. The van der Waals surface area contributed by atoms with E-state index in [4.69, 9.17) is 7.26 Å². The molecule has 64 valence electrons. The maximum absolute atomic E-state index is 7.86. The van der Waals surface area contributed by atoms with E-state index < -0.39 is 11.8 Å². The van der Waals surface area contributed by atoms with Crippen molar-refractivity contribution in [3.05, 3.63) is 11.7 Å².